The van der Waals surface area contributed by atoms with Crippen molar-refractivity contribution in [1.29, 1.82) is 0 Å². The number of methoxy groups -OCH3 is 1. The summed E-state index contributed by atoms with van der Waals surface area (Å²) in [6.45, 7) is 1.21. The van der Waals surface area contributed by atoms with Crippen molar-refractivity contribution in [3.05, 3.63) is 29.8 Å². The zero-order valence-corrected chi connectivity index (χ0v) is 11.1. The molecule has 0 aromatic heterocycles. The van der Waals surface area contributed by atoms with Crippen LogP contribution in [0, 0.1) is 0 Å². The number of aliphatic carboxylic acids is 1. The lowest BCUT2D eigenvalue weighted by Crippen LogP contribution is -2.38. The summed E-state index contributed by atoms with van der Waals surface area (Å²) in [5.74, 6) is -1.87. The molecule has 0 radical (unpaired) electrons. The van der Waals surface area contributed by atoms with Crippen molar-refractivity contribution in [2.75, 3.05) is 7.11 Å². The Labute approximate surface area is 110 Å². The Balaban J connectivity index is 2.97. The molecule has 0 fully saturated rings. The number of nitrogens with one attached hydrogen (secondary N) is 1. The van der Waals surface area contributed by atoms with Crippen LogP contribution in [-0.2, 0) is 19.6 Å². The Morgan fingerprint density at radius 2 is 1.79 bits per heavy atom. The van der Waals surface area contributed by atoms with Gasteiger partial charge in [0.05, 0.1) is 17.6 Å². The number of carboxylic acids is 1. The highest BCUT2D eigenvalue weighted by Gasteiger charge is 2.21. The number of rotatable bonds is 5. The van der Waals surface area contributed by atoms with Crippen LogP contribution >= 0.6 is 0 Å². The summed E-state index contributed by atoms with van der Waals surface area (Å²) in [5, 5.41) is 8.65. The van der Waals surface area contributed by atoms with E-state index in [1.54, 1.807) is 0 Å². The van der Waals surface area contributed by atoms with E-state index in [0.29, 0.717) is 0 Å². The summed E-state index contributed by atoms with van der Waals surface area (Å²) in [4.78, 5) is 21.6. The third-order valence-corrected chi connectivity index (χ3v) is 3.84. The van der Waals surface area contributed by atoms with Gasteiger partial charge in [-0.25, -0.2) is 13.2 Å². The molecule has 0 bridgehead atoms. The van der Waals surface area contributed by atoms with E-state index >= 15 is 0 Å². The predicted octanol–water partition coefficient (Wildman–Crippen LogP) is 0.225. The number of esters is 1. The maximum absolute atomic E-state index is 11.8. The summed E-state index contributed by atoms with van der Waals surface area (Å²) in [7, 11) is -2.73. The molecule has 8 heteroatoms. The predicted molar refractivity (Wildman–Crippen MR) is 65.2 cm³/mol. The van der Waals surface area contributed by atoms with Crippen molar-refractivity contribution >= 4 is 22.0 Å². The molecule has 0 heterocycles. The van der Waals surface area contributed by atoms with E-state index in [0.717, 1.165) is 0 Å². The maximum atomic E-state index is 11.8. The molecule has 2 N–H and O–H groups in total. The second kappa shape index (κ2) is 5.81. The molecule has 1 aromatic carbocycles. The van der Waals surface area contributed by atoms with Gasteiger partial charge in [-0.15, -0.1) is 0 Å². The molecule has 0 aliphatic heterocycles. The van der Waals surface area contributed by atoms with Crippen LogP contribution in [0.3, 0.4) is 0 Å². The third-order valence-electron chi connectivity index (χ3n) is 2.29. The smallest absolute Gasteiger partial charge is 0.337 e. The van der Waals surface area contributed by atoms with Crippen LogP contribution in [0.25, 0.3) is 0 Å². The quantitative estimate of drug-likeness (QED) is 0.750. The van der Waals surface area contributed by atoms with Gasteiger partial charge in [0.25, 0.3) is 0 Å². The SMILES string of the molecule is COC(=O)c1ccc(S(=O)(=O)N[C@H](C)C(=O)O)cc1. The molecule has 0 aliphatic rings. The largest absolute Gasteiger partial charge is 0.480 e. The summed E-state index contributed by atoms with van der Waals surface area (Å²) in [6.07, 6.45) is 0. The van der Waals surface area contributed by atoms with E-state index in [2.05, 4.69) is 4.74 Å². The molecule has 0 spiro atoms. The molecule has 0 saturated carbocycles. The number of carbonyl (C=O) groups is 2. The first-order valence-electron chi connectivity index (χ1n) is 5.21. The fourth-order valence-corrected chi connectivity index (χ4v) is 2.44. The van der Waals surface area contributed by atoms with Gasteiger partial charge in [-0.2, -0.15) is 4.72 Å². The van der Waals surface area contributed by atoms with E-state index in [4.69, 9.17) is 5.11 Å². The number of ether oxygens (including phenoxy) is 1. The van der Waals surface area contributed by atoms with Gasteiger partial charge >= 0.3 is 11.9 Å². The van der Waals surface area contributed by atoms with Crippen LogP contribution < -0.4 is 4.72 Å². The molecule has 0 aliphatic carbocycles. The van der Waals surface area contributed by atoms with E-state index < -0.39 is 28.0 Å². The van der Waals surface area contributed by atoms with Gasteiger partial charge in [0.15, 0.2) is 0 Å². The lowest BCUT2D eigenvalue weighted by Gasteiger charge is -2.10. The van der Waals surface area contributed by atoms with Gasteiger partial charge in [0.2, 0.25) is 10.0 Å². The number of carboxylic acid groups (broad SMARTS) is 1. The van der Waals surface area contributed by atoms with Crippen LogP contribution in [-0.4, -0.2) is 38.6 Å². The van der Waals surface area contributed by atoms with E-state index in [9.17, 15) is 18.0 Å². The van der Waals surface area contributed by atoms with Crippen LogP contribution in [0.15, 0.2) is 29.2 Å². The normalized spacial score (nSPS) is 12.7. The van der Waals surface area contributed by atoms with Crippen LogP contribution in [0.4, 0.5) is 0 Å². The molecule has 104 valence electrons. The van der Waals surface area contributed by atoms with Gasteiger partial charge < -0.3 is 9.84 Å². The fourth-order valence-electron chi connectivity index (χ4n) is 1.24. The van der Waals surface area contributed by atoms with Gasteiger partial charge in [0, 0.05) is 0 Å². The molecule has 1 aromatic rings. The molecule has 0 unspecified atom stereocenters. The summed E-state index contributed by atoms with van der Waals surface area (Å²) in [6, 6.07) is 3.72. The van der Waals surface area contributed by atoms with Gasteiger partial charge in [-0.05, 0) is 31.2 Å². The van der Waals surface area contributed by atoms with Crippen LogP contribution in [0.1, 0.15) is 17.3 Å². The Morgan fingerprint density at radius 3 is 2.21 bits per heavy atom. The van der Waals surface area contributed by atoms with Gasteiger partial charge in [-0.1, -0.05) is 0 Å². The van der Waals surface area contributed by atoms with E-state index in [1.807, 2.05) is 4.72 Å². The topological polar surface area (TPSA) is 110 Å². The zero-order chi connectivity index (χ0) is 14.6. The standard InChI is InChI=1S/C11H13NO6S/c1-7(10(13)14)12-19(16,17)9-5-3-8(4-6-9)11(15)18-2/h3-7,12H,1-2H3,(H,13,14)/t7-/m1/s1. The average molecular weight is 287 g/mol. The molecule has 0 saturated heterocycles. The molecule has 0 amide bonds. The number of carbonyl (C=O) groups excluding carboxylic acids is 1. The lowest BCUT2D eigenvalue weighted by molar-refractivity contribution is -0.138. The second-order valence-electron chi connectivity index (χ2n) is 3.70. The van der Waals surface area contributed by atoms with E-state index in [1.165, 1.54) is 38.3 Å². The number of hydrogen-bond donors (Lipinski definition) is 2. The summed E-state index contributed by atoms with van der Waals surface area (Å²) in [5.41, 5.74) is 0.202. The first kappa shape index (κ1) is 15.1. The molecular formula is C11H13NO6S. The first-order chi connectivity index (χ1) is 8.77. The highest BCUT2D eigenvalue weighted by Crippen LogP contribution is 2.11. The number of sulfonamides is 1. The Hall–Kier alpha value is -1.93. The molecule has 7 nitrogen and oxygen atoms in total. The monoisotopic (exact) mass is 287 g/mol. The van der Waals surface area contributed by atoms with Crippen molar-refractivity contribution in [3.8, 4) is 0 Å². The number of hydrogen-bond acceptors (Lipinski definition) is 5. The highest BCUT2D eigenvalue weighted by molar-refractivity contribution is 7.89. The zero-order valence-electron chi connectivity index (χ0n) is 10.3. The van der Waals surface area contributed by atoms with Gasteiger partial charge in [0.1, 0.15) is 6.04 Å². The van der Waals surface area contributed by atoms with Crippen molar-refractivity contribution < 1.29 is 27.9 Å². The average Bonchev–Trinajstić information content (AvgIpc) is 2.37. The maximum Gasteiger partial charge on any atom is 0.337 e. The molecular weight excluding hydrogens is 274 g/mol. The van der Waals surface area contributed by atoms with E-state index in [-0.39, 0.29) is 10.5 Å². The van der Waals surface area contributed by atoms with Crippen molar-refractivity contribution in [1.82, 2.24) is 4.72 Å². The first-order valence-corrected chi connectivity index (χ1v) is 6.70. The van der Waals surface area contributed by atoms with Crippen molar-refractivity contribution in [3.63, 3.8) is 0 Å². The van der Waals surface area contributed by atoms with Crippen molar-refractivity contribution in [2.45, 2.75) is 17.9 Å². The Morgan fingerprint density at radius 1 is 1.26 bits per heavy atom. The van der Waals surface area contributed by atoms with Crippen LogP contribution in [0.5, 0.6) is 0 Å². The van der Waals surface area contributed by atoms with Crippen LogP contribution in [0.2, 0.25) is 0 Å². The highest BCUT2D eigenvalue weighted by atomic mass is 32.2. The minimum atomic E-state index is -3.94. The third kappa shape index (κ3) is 3.76. The Bertz CT molecular complexity index is 578. The molecule has 19 heavy (non-hydrogen) atoms. The second-order valence-corrected chi connectivity index (χ2v) is 5.41. The fraction of sp³-hybridized carbons (Fsp3) is 0.273. The number of benzene rings is 1. The molecule has 1 atom stereocenters. The minimum absolute atomic E-state index is 0.131. The minimum Gasteiger partial charge on any atom is -0.480 e. The summed E-state index contributed by atoms with van der Waals surface area (Å²) < 4.78 is 30.1. The summed E-state index contributed by atoms with van der Waals surface area (Å²) >= 11 is 0. The van der Waals surface area contributed by atoms with Crippen molar-refractivity contribution in [2.24, 2.45) is 0 Å². The molecule has 1 rings (SSSR count). The van der Waals surface area contributed by atoms with Gasteiger partial charge in [-0.3, -0.25) is 4.79 Å². The lowest BCUT2D eigenvalue weighted by atomic mass is 10.2. The Kier molecular flexibility index (Phi) is 4.62.